The lowest BCUT2D eigenvalue weighted by Gasteiger charge is -2.11. The molecule has 0 fully saturated rings. The van der Waals surface area contributed by atoms with Crippen molar-refractivity contribution >= 4 is 17.1 Å². The number of carbonyl (C=O) groups excluding carboxylic acids is 1. The van der Waals surface area contributed by atoms with Gasteiger partial charge in [-0.1, -0.05) is 13.0 Å². The van der Waals surface area contributed by atoms with Gasteiger partial charge in [-0.25, -0.2) is 0 Å². The Morgan fingerprint density at radius 3 is 2.88 bits per heavy atom. The number of Topliss-reactive ketones (excluding diaryl/α,β-unsaturated/α-hetero) is 1. The summed E-state index contributed by atoms with van der Waals surface area (Å²) in [5.74, 6) is 0.271. The van der Waals surface area contributed by atoms with E-state index in [2.05, 4.69) is 17.3 Å². The monoisotopic (exact) mass is 245 g/mol. The summed E-state index contributed by atoms with van der Waals surface area (Å²) in [6, 6.07) is 7.72. The second kappa shape index (κ2) is 5.73. The van der Waals surface area contributed by atoms with Crippen LogP contribution in [0.15, 0.2) is 41.2 Å². The first-order chi connectivity index (χ1) is 8.31. The minimum atomic E-state index is 0.0169. The minimum Gasteiger partial charge on any atom is -0.299 e. The molecule has 1 unspecified atom stereocenters. The minimum absolute atomic E-state index is 0.0169. The molecule has 0 amide bonds. The van der Waals surface area contributed by atoms with Crippen LogP contribution in [0.1, 0.15) is 30.5 Å². The lowest BCUT2D eigenvalue weighted by molar-refractivity contribution is -0.120. The summed E-state index contributed by atoms with van der Waals surface area (Å²) >= 11 is 1.64. The zero-order chi connectivity index (χ0) is 12.1. The molecule has 88 valence electrons. The van der Waals surface area contributed by atoms with Crippen LogP contribution in [0.25, 0.3) is 0 Å². The topological polar surface area (TPSA) is 30.0 Å². The van der Waals surface area contributed by atoms with Crippen LogP contribution >= 0.6 is 11.3 Å². The lowest BCUT2D eigenvalue weighted by Crippen LogP contribution is -2.14. The highest BCUT2D eigenvalue weighted by Crippen LogP contribution is 2.24. The molecule has 2 nitrogen and oxygen atoms in total. The van der Waals surface area contributed by atoms with E-state index in [1.807, 2.05) is 29.6 Å². The van der Waals surface area contributed by atoms with Gasteiger partial charge in [-0.05, 0) is 40.9 Å². The molecule has 0 saturated carbocycles. The Morgan fingerprint density at radius 2 is 2.29 bits per heavy atom. The quantitative estimate of drug-likeness (QED) is 0.807. The van der Waals surface area contributed by atoms with Crippen molar-refractivity contribution in [2.75, 3.05) is 0 Å². The number of thiophene rings is 1. The number of rotatable bonds is 5. The van der Waals surface area contributed by atoms with Crippen LogP contribution in [0.5, 0.6) is 0 Å². The third-order valence-corrected chi connectivity index (χ3v) is 3.53. The Balaban J connectivity index is 2.09. The number of hydrogen-bond donors (Lipinski definition) is 0. The van der Waals surface area contributed by atoms with Crippen LogP contribution in [-0.4, -0.2) is 10.8 Å². The van der Waals surface area contributed by atoms with Crippen molar-refractivity contribution in [2.45, 2.75) is 25.7 Å². The standard InChI is InChI=1S/C14H15NOS/c1-2-13(11-6-8-17-10-11)14(16)9-12-5-3-4-7-15-12/h3-8,10,13H,2,9H2,1H3. The van der Waals surface area contributed by atoms with Gasteiger partial charge in [0, 0.05) is 24.2 Å². The molecule has 0 aliphatic carbocycles. The maximum absolute atomic E-state index is 12.2. The predicted octanol–water partition coefficient (Wildman–Crippen LogP) is 3.45. The Labute approximate surface area is 105 Å². The fourth-order valence-corrected chi connectivity index (χ4v) is 2.64. The van der Waals surface area contributed by atoms with E-state index in [1.54, 1.807) is 17.5 Å². The van der Waals surface area contributed by atoms with Crippen molar-refractivity contribution in [1.29, 1.82) is 0 Å². The van der Waals surface area contributed by atoms with Gasteiger partial charge in [0.25, 0.3) is 0 Å². The van der Waals surface area contributed by atoms with Crippen LogP contribution in [0.4, 0.5) is 0 Å². The number of hydrogen-bond acceptors (Lipinski definition) is 3. The fraction of sp³-hybridized carbons (Fsp3) is 0.286. The Hall–Kier alpha value is -1.48. The molecule has 0 aromatic carbocycles. The third kappa shape index (κ3) is 3.01. The van der Waals surface area contributed by atoms with E-state index in [-0.39, 0.29) is 11.7 Å². The number of aromatic nitrogens is 1. The maximum atomic E-state index is 12.2. The van der Waals surface area contributed by atoms with Crippen LogP contribution in [0, 0.1) is 0 Å². The summed E-state index contributed by atoms with van der Waals surface area (Å²) in [5.41, 5.74) is 1.99. The van der Waals surface area contributed by atoms with Crippen LogP contribution in [0.2, 0.25) is 0 Å². The molecular formula is C14H15NOS. The Kier molecular flexibility index (Phi) is 4.04. The molecule has 1 atom stereocenters. The highest BCUT2D eigenvalue weighted by Gasteiger charge is 2.19. The smallest absolute Gasteiger partial charge is 0.146 e. The van der Waals surface area contributed by atoms with Crippen LogP contribution in [0.3, 0.4) is 0 Å². The van der Waals surface area contributed by atoms with Gasteiger partial charge in [-0.3, -0.25) is 9.78 Å². The zero-order valence-corrected chi connectivity index (χ0v) is 10.6. The van der Waals surface area contributed by atoms with Gasteiger partial charge in [0.1, 0.15) is 5.78 Å². The summed E-state index contributed by atoms with van der Waals surface area (Å²) in [6.07, 6.45) is 3.01. The molecule has 2 heterocycles. The van der Waals surface area contributed by atoms with Crippen molar-refractivity contribution in [3.63, 3.8) is 0 Å². The van der Waals surface area contributed by atoms with E-state index in [0.717, 1.165) is 17.7 Å². The van der Waals surface area contributed by atoms with Gasteiger partial charge < -0.3 is 0 Å². The highest BCUT2D eigenvalue weighted by molar-refractivity contribution is 7.08. The largest absolute Gasteiger partial charge is 0.299 e. The van der Waals surface area contributed by atoms with Crippen molar-refractivity contribution < 1.29 is 4.79 Å². The van der Waals surface area contributed by atoms with Gasteiger partial charge in [-0.15, -0.1) is 0 Å². The lowest BCUT2D eigenvalue weighted by atomic mass is 9.92. The normalized spacial score (nSPS) is 12.3. The number of ketones is 1. The molecule has 0 spiro atoms. The van der Waals surface area contributed by atoms with E-state index >= 15 is 0 Å². The van der Waals surface area contributed by atoms with Crippen molar-refractivity contribution in [3.05, 3.63) is 52.5 Å². The summed E-state index contributed by atoms with van der Waals surface area (Å²) in [5, 5.41) is 4.08. The van der Waals surface area contributed by atoms with Crippen LogP contribution in [-0.2, 0) is 11.2 Å². The second-order valence-corrected chi connectivity index (χ2v) is 4.76. The van der Waals surface area contributed by atoms with Gasteiger partial charge in [0.2, 0.25) is 0 Å². The van der Waals surface area contributed by atoms with Crippen molar-refractivity contribution in [1.82, 2.24) is 4.98 Å². The van der Waals surface area contributed by atoms with E-state index in [1.165, 1.54) is 0 Å². The molecule has 17 heavy (non-hydrogen) atoms. The Morgan fingerprint density at radius 1 is 1.41 bits per heavy atom. The van der Waals surface area contributed by atoms with Gasteiger partial charge in [0.15, 0.2) is 0 Å². The molecule has 3 heteroatoms. The van der Waals surface area contributed by atoms with E-state index in [4.69, 9.17) is 0 Å². The average Bonchev–Trinajstić information content (AvgIpc) is 2.85. The third-order valence-electron chi connectivity index (χ3n) is 2.82. The molecule has 0 aliphatic heterocycles. The first-order valence-electron chi connectivity index (χ1n) is 5.76. The molecule has 0 saturated heterocycles. The first kappa shape index (κ1) is 12.0. The van der Waals surface area contributed by atoms with Gasteiger partial charge in [-0.2, -0.15) is 11.3 Å². The maximum Gasteiger partial charge on any atom is 0.146 e. The molecular weight excluding hydrogens is 230 g/mol. The van der Waals surface area contributed by atoms with Crippen LogP contribution < -0.4 is 0 Å². The first-order valence-corrected chi connectivity index (χ1v) is 6.70. The molecule has 0 bridgehead atoms. The summed E-state index contributed by atoms with van der Waals surface area (Å²) < 4.78 is 0. The van der Waals surface area contributed by atoms with Crippen molar-refractivity contribution in [2.24, 2.45) is 0 Å². The zero-order valence-electron chi connectivity index (χ0n) is 9.80. The number of nitrogens with zero attached hydrogens (tertiary/aromatic N) is 1. The average molecular weight is 245 g/mol. The molecule has 2 aromatic heterocycles. The molecule has 2 aromatic rings. The molecule has 0 N–H and O–H groups in total. The SMILES string of the molecule is CCC(C(=O)Cc1ccccn1)c1ccsc1. The molecule has 2 rings (SSSR count). The number of carbonyl (C=O) groups is 1. The fourth-order valence-electron chi connectivity index (χ4n) is 1.93. The molecule has 0 radical (unpaired) electrons. The molecule has 0 aliphatic rings. The van der Waals surface area contributed by atoms with Gasteiger partial charge >= 0.3 is 0 Å². The number of pyridine rings is 1. The highest BCUT2D eigenvalue weighted by atomic mass is 32.1. The predicted molar refractivity (Wildman–Crippen MR) is 70.3 cm³/mol. The second-order valence-electron chi connectivity index (χ2n) is 3.98. The van der Waals surface area contributed by atoms with E-state index in [9.17, 15) is 4.79 Å². The van der Waals surface area contributed by atoms with Gasteiger partial charge in [0.05, 0.1) is 0 Å². The van der Waals surface area contributed by atoms with E-state index in [0.29, 0.717) is 6.42 Å². The summed E-state index contributed by atoms with van der Waals surface area (Å²) in [6.45, 7) is 2.05. The Bertz CT molecular complexity index is 464. The summed E-state index contributed by atoms with van der Waals surface area (Å²) in [7, 11) is 0. The van der Waals surface area contributed by atoms with Crippen molar-refractivity contribution in [3.8, 4) is 0 Å². The summed E-state index contributed by atoms with van der Waals surface area (Å²) in [4.78, 5) is 16.4. The van der Waals surface area contributed by atoms with E-state index < -0.39 is 0 Å².